The molecule has 1 aromatic carbocycles. The molecular formula is C21H28N2O6. The number of benzene rings is 1. The van der Waals surface area contributed by atoms with Crippen molar-refractivity contribution >= 4 is 23.0 Å². The van der Waals surface area contributed by atoms with Crippen LogP contribution in [0.15, 0.2) is 22.7 Å². The van der Waals surface area contributed by atoms with Crippen molar-refractivity contribution in [1.29, 1.82) is 0 Å². The molecule has 0 N–H and O–H groups in total. The van der Waals surface area contributed by atoms with Gasteiger partial charge in [0.25, 0.3) is 0 Å². The van der Waals surface area contributed by atoms with E-state index in [9.17, 15) is 9.59 Å². The second kappa shape index (κ2) is 8.71. The minimum atomic E-state index is -0.505. The summed E-state index contributed by atoms with van der Waals surface area (Å²) in [6.45, 7) is 9.35. The van der Waals surface area contributed by atoms with Crippen LogP contribution in [-0.4, -0.2) is 54.0 Å². The maximum Gasteiger partial charge on any atom is 0.410 e. The number of para-hydroxylation sites is 1. The van der Waals surface area contributed by atoms with Crippen molar-refractivity contribution in [2.75, 3.05) is 26.3 Å². The lowest BCUT2D eigenvalue weighted by Gasteiger charge is -2.24. The van der Waals surface area contributed by atoms with Gasteiger partial charge < -0.3 is 23.6 Å². The van der Waals surface area contributed by atoms with Gasteiger partial charge in [-0.2, -0.15) is 0 Å². The molecule has 0 spiro atoms. The van der Waals surface area contributed by atoms with Gasteiger partial charge in [-0.25, -0.2) is 4.79 Å². The first kappa shape index (κ1) is 21.0. The molecule has 29 heavy (non-hydrogen) atoms. The molecule has 1 fully saturated rings. The molecule has 158 valence electrons. The summed E-state index contributed by atoms with van der Waals surface area (Å²) in [7, 11) is 0. The number of hydrogen-bond acceptors (Lipinski definition) is 7. The minimum Gasteiger partial charge on any atom is -0.489 e. The summed E-state index contributed by atoms with van der Waals surface area (Å²) in [6, 6.07) is 5.49. The molecule has 1 amide bonds. The zero-order valence-corrected chi connectivity index (χ0v) is 17.4. The van der Waals surface area contributed by atoms with E-state index in [4.69, 9.17) is 18.7 Å². The van der Waals surface area contributed by atoms with Gasteiger partial charge in [0.05, 0.1) is 19.6 Å². The van der Waals surface area contributed by atoms with Crippen LogP contribution in [0, 0.1) is 5.92 Å². The first-order valence-corrected chi connectivity index (χ1v) is 9.90. The number of nitrogens with zero attached hydrogens (tertiary/aromatic N) is 2. The molecule has 8 nitrogen and oxygen atoms in total. The van der Waals surface area contributed by atoms with E-state index < -0.39 is 5.60 Å². The van der Waals surface area contributed by atoms with Crippen LogP contribution in [0.5, 0.6) is 5.75 Å². The topological polar surface area (TPSA) is 91.1 Å². The monoisotopic (exact) mass is 404 g/mol. The molecule has 1 saturated heterocycles. The number of fused-ring (bicyclic) bond motifs is 1. The van der Waals surface area contributed by atoms with E-state index in [0.29, 0.717) is 43.3 Å². The highest BCUT2D eigenvalue weighted by Crippen LogP contribution is 2.29. The van der Waals surface area contributed by atoms with E-state index in [1.54, 1.807) is 11.8 Å². The van der Waals surface area contributed by atoms with Gasteiger partial charge in [-0.05, 0) is 46.2 Å². The number of esters is 1. The van der Waals surface area contributed by atoms with Crippen molar-refractivity contribution in [2.45, 2.75) is 46.1 Å². The third-order valence-electron chi connectivity index (χ3n) is 4.57. The zero-order valence-electron chi connectivity index (χ0n) is 17.4. The molecule has 0 saturated carbocycles. The Morgan fingerprint density at radius 3 is 2.83 bits per heavy atom. The second-order valence-electron chi connectivity index (χ2n) is 8.14. The molecule has 1 atom stereocenters. The summed E-state index contributed by atoms with van der Waals surface area (Å²) in [5.41, 5.74) is 0.532. The van der Waals surface area contributed by atoms with Crippen LogP contribution >= 0.6 is 0 Å². The fourth-order valence-electron chi connectivity index (χ4n) is 3.25. The van der Waals surface area contributed by atoms with E-state index in [1.165, 1.54) is 0 Å². The molecule has 0 aliphatic carbocycles. The first-order chi connectivity index (χ1) is 13.8. The van der Waals surface area contributed by atoms with Gasteiger partial charge in [-0.15, -0.1) is 0 Å². The van der Waals surface area contributed by atoms with Gasteiger partial charge in [0, 0.05) is 24.4 Å². The molecule has 0 radical (unpaired) electrons. The lowest BCUT2D eigenvalue weighted by Crippen LogP contribution is -2.35. The van der Waals surface area contributed by atoms with Crippen LogP contribution in [0.1, 0.15) is 39.8 Å². The number of carbonyl (C=O) groups is 2. The van der Waals surface area contributed by atoms with Gasteiger partial charge in [-0.3, -0.25) is 4.79 Å². The number of rotatable bonds is 6. The minimum absolute atomic E-state index is 0.0533. The number of hydrogen-bond donors (Lipinski definition) is 0. The third kappa shape index (κ3) is 5.40. The molecule has 2 aromatic rings. The Balaban J connectivity index is 1.59. The molecule has 0 bridgehead atoms. The van der Waals surface area contributed by atoms with Gasteiger partial charge in [0.1, 0.15) is 11.3 Å². The largest absolute Gasteiger partial charge is 0.489 e. The normalized spacial score (nSPS) is 16.8. The van der Waals surface area contributed by atoms with Crippen molar-refractivity contribution in [1.82, 2.24) is 10.1 Å². The second-order valence-corrected chi connectivity index (χ2v) is 8.14. The van der Waals surface area contributed by atoms with E-state index in [1.807, 2.05) is 39.0 Å². The number of aromatic nitrogens is 1. The number of amides is 1. The predicted octanol–water partition coefficient (Wildman–Crippen LogP) is 3.57. The molecule has 1 aliphatic heterocycles. The SMILES string of the molecule is CCOC(=O)Cc1noc2c(OC[C@@H]3CCN(C(=O)OC(C)(C)C)C3)cccc12. The van der Waals surface area contributed by atoms with Crippen molar-refractivity contribution in [3.63, 3.8) is 0 Å². The molecule has 2 heterocycles. The van der Waals surface area contributed by atoms with Crippen LogP contribution in [-0.2, 0) is 20.7 Å². The standard InChI is InChI=1S/C21H28N2O6/c1-5-26-18(24)11-16-15-7-6-8-17(19(15)29-22-16)27-13-14-9-10-23(12-14)20(25)28-21(2,3)4/h6-8,14H,5,9-13H2,1-4H3/t14-/m1/s1. The Labute approximate surface area is 170 Å². The highest BCUT2D eigenvalue weighted by Gasteiger charge is 2.30. The third-order valence-corrected chi connectivity index (χ3v) is 4.57. The quantitative estimate of drug-likeness (QED) is 0.680. The van der Waals surface area contributed by atoms with E-state index in [-0.39, 0.29) is 24.4 Å². The van der Waals surface area contributed by atoms with Crippen molar-refractivity contribution in [2.24, 2.45) is 5.92 Å². The average molecular weight is 404 g/mol. The van der Waals surface area contributed by atoms with Gasteiger partial charge in [0.2, 0.25) is 5.58 Å². The summed E-state index contributed by atoms with van der Waals surface area (Å²) < 4.78 is 21.8. The van der Waals surface area contributed by atoms with Gasteiger partial charge in [-0.1, -0.05) is 11.2 Å². The maximum absolute atomic E-state index is 12.2. The first-order valence-electron chi connectivity index (χ1n) is 9.90. The highest BCUT2D eigenvalue weighted by molar-refractivity contribution is 5.87. The van der Waals surface area contributed by atoms with E-state index in [0.717, 1.165) is 11.8 Å². The average Bonchev–Trinajstić information content (AvgIpc) is 3.26. The molecule has 1 aromatic heterocycles. The van der Waals surface area contributed by atoms with Gasteiger partial charge >= 0.3 is 12.1 Å². The lowest BCUT2D eigenvalue weighted by molar-refractivity contribution is -0.142. The summed E-state index contributed by atoms with van der Waals surface area (Å²) in [4.78, 5) is 25.6. The summed E-state index contributed by atoms with van der Waals surface area (Å²) in [6.07, 6.45) is 0.610. The number of ether oxygens (including phenoxy) is 3. The van der Waals surface area contributed by atoms with Crippen LogP contribution in [0.3, 0.4) is 0 Å². The van der Waals surface area contributed by atoms with E-state index in [2.05, 4.69) is 5.16 Å². The number of likely N-dealkylation sites (tertiary alicyclic amines) is 1. The molecule has 1 aliphatic rings. The predicted molar refractivity (Wildman–Crippen MR) is 106 cm³/mol. The Kier molecular flexibility index (Phi) is 6.30. The van der Waals surface area contributed by atoms with Crippen LogP contribution in [0.4, 0.5) is 4.79 Å². The highest BCUT2D eigenvalue weighted by atomic mass is 16.6. The summed E-state index contributed by atoms with van der Waals surface area (Å²) in [5, 5.41) is 4.74. The Bertz CT molecular complexity index is 870. The Morgan fingerprint density at radius 1 is 1.31 bits per heavy atom. The maximum atomic E-state index is 12.2. The fourth-order valence-corrected chi connectivity index (χ4v) is 3.25. The zero-order chi connectivity index (χ0) is 21.0. The van der Waals surface area contributed by atoms with Crippen molar-refractivity contribution < 1.29 is 28.3 Å². The Morgan fingerprint density at radius 2 is 2.10 bits per heavy atom. The van der Waals surface area contributed by atoms with Crippen LogP contribution < -0.4 is 4.74 Å². The molecule has 8 heteroatoms. The Hall–Kier alpha value is -2.77. The van der Waals surface area contributed by atoms with Gasteiger partial charge in [0.15, 0.2) is 5.75 Å². The molecular weight excluding hydrogens is 376 g/mol. The van der Waals surface area contributed by atoms with Crippen LogP contribution in [0.2, 0.25) is 0 Å². The summed E-state index contributed by atoms with van der Waals surface area (Å²) in [5.74, 6) is 0.433. The van der Waals surface area contributed by atoms with Crippen molar-refractivity contribution in [3.8, 4) is 5.75 Å². The molecule has 0 unspecified atom stereocenters. The number of carbonyl (C=O) groups excluding carboxylic acids is 2. The fraction of sp³-hybridized carbons (Fsp3) is 0.571. The van der Waals surface area contributed by atoms with Crippen molar-refractivity contribution in [3.05, 3.63) is 23.9 Å². The summed E-state index contributed by atoms with van der Waals surface area (Å²) >= 11 is 0. The smallest absolute Gasteiger partial charge is 0.410 e. The van der Waals surface area contributed by atoms with E-state index >= 15 is 0 Å². The molecule has 3 rings (SSSR count). The van der Waals surface area contributed by atoms with Crippen LogP contribution in [0.25, 0.3) is 11.0 Å². The lowest BCUT2D eigenvalue weighted by atomic mass is 10.1.